The van der Waals surface area contributed by atoms with Crippen LogP contribution in [-0.2, 0) is 16.4 Å². The van der Waals surface area contributed by atoms with Crippen LogP contribution in [0.2, 0.25) is 0 Å². The highest BCUT2D eigenvalue weighted by Crippen LogP contribution is 2.35. The van der Waals surface area contributed by atoms with Gasteiger partial charge in [0.15, 0.2) is 9.84 Å². The summed E-state index contributed by atoms with van der Waals surface area (Å²) >= 11 is 0. The molecule has 3 heterocycles. The van der Waals surface area contributed by atoms with Gasteiger partial charge in [-0.2, -0.15) is 0 Å². The van der Waals surface area contributed by atoms with Crippen LogP contribution in [0.4, 0.5) is 0 Å². The minimum atomic E-state index is -2.97. The smallest absolute Gasteiger partial charge is 0.158 e. The first-order chi connectivity index (χ1) is 8.08. The molecule has 0 aromatic carbocycles. The predicted molar refractivity (Wildman–Crippen MR) is 64.2 cm³/mol. The van der Waals surface area contributed by atoms with Crippen molar-refractivity contribution in [1.29, 1.82) is 0 Å². The molecule has 2 atom stereocenters. The van der Waals surface area contributed by atoms with Crippen LogP contribution in [0.1, 0.15) is 48.5 Å². The summed E-state index contributed by atoms with van der Waals surface area (Å²) in [5, 5.41) is -0.396. The summed E-state index contributed by atoms with van der Waals surface area (Å²) in [5.41, 5.74) is 6.70. The van der Waals surface area contributed by atoms with Crippen molar-refractivity contribution in [2.75, 3.05) is 5.75 Å². The van der Waals surface area contributed by atoms with E-state index in [1.165, 1.54) is 0 Å². The lowest BCUT2D eigenvalue weighted by Crippen LogP contribution is -2.21. The van der Waals surface area contributed by atoms with Gasteiger partial charge in [0, 0.05) is 12.7 Å². The molecule has 0 bridgehead atoms. The van der Waals surface area contributed by atoms with Crippen molar-refractivity contribution in [1.82, 2.24) is 9.55 Å². The first-order valence-corrected chi connectivity index (χ1v) is 7.83. The van der Waals surface area contributed by atoms with Crippen LogP contribution in [0.25, 0.3) is 0 Å². The van der Waals surface area contributed by atoms with Crippen LogP contribution < -0.4 is 5.73 Å². The van der Waals surface area contributed by atoms with Gasteiger partial charge in [0.05, 0.1) is 17.5 Å². The maximum absolute atomic E-state index is 11.9. The van der Waals surface area contributed by atoms with Crippen molar-refractivity contribution >= 4 is 9.84 Å². The number of nitrogens with two attached hydrogens (primary N) is 1. The Morgan fingerprint density at radius 1 is 1.35 bits per heavy atom. The Balaban J connectivity index is 2.00. The molecule has 0 amide bonds. The number of aryl methyl sites for hydroxylation is 1. The molecule has 2 unspecified atom stereocenters. The molecule has 17 heavy (non-hydrogen) atoms. The summed E-state index contributed by atoms with van der Waals surface area (Å²) in [6.45, 7) is 0.906. The summed E-state index contributed by atoms with van der Waals surface area (Å²) in [6.07, 6.45) is 5.33. The Bertz CT molecular complexity index is 535. The number of aromatic nitrogens is 2. The molecule has 3 rings (SSSR count). The lowest BCUT2D eigenvalue weighted by atomic mass is 10.1. The first-order valence-electron chi connectivity index (χ1n) is 6.12. The van der Waals surface area contributed by atoms with Crippen molar-refractivity contribution in [3.63, 3.8) is 0 Å². The van der Waals surface area contributed by atoms with Crippen LogP contribution in [0.5, 0.6) is 0 Å². The standard InChI is InChI=1S/C11H17N3O2S/c12-8-3-1-5-14-7-9(13-11(8)14)10-4-2-6-17(10,15)16/h7-8,10H,1-6,12H2. The molecule has 0 radical (unpaired) electrons. The van der Waals surface area contributed by atoms with Crippen LogP contribution >= 0.6 is 0 Å². The van der Waals surface area contributed by atoms with Crippen LogP contribution in [0.15, 0.2) is 6.20 Å². The molecule has 2 N–H and O–H groups in total. The summed E-state index contributed by atoms with van der Waals surface area (Å²) in [7, 11) is -2.97. The zero-order valence-corrected chi connectivity index (χ0v) is 10.5. The van der Waals surface area contributed by atoms with E-state index >= 15 is 0 Å². The Kier molecular flexibility index (Phi) is 2.52. The minimum Gasteiger partial charge on any atom is -0.333 e. The quantitative estimate of drug-likeness (QED) is 0.809. The topological polar surface area (TPSA) is 78.0 Å². The molecule has 2 aliphatic rings. The van der Waals surface area contributed by atoms with Gasteiger partial charge in [-0.1, -0.05) is 0 Å². The van der Waals surface area contributed by atoms with E-state index < -0.39 is 15.1 Å². The zero-order chi connectivity index (χ0) is 12.0. The number of rotatable bonds is 1. The van der Waals surface area contributed by atoms with E-state index in [0.29, 0.717) is 17.9 Å². The fourth-order valence-corrected chi connectivity index (χ4v) is 4.68. The fourth-order valence-electron chi connectivity index (χ4n) is 2.82. The van der Waals surface area contributed by atoms with Crippen LogP contribution in [0.3, 0.4) is 0 Å². The third-order valence-electron chi connectivity index (χ3n) is 3.73. The summed E-state index contributed by atoms with van der Waals surface area (Å²) in [6, 6.07) is -0.0402. The van der Waals surface area contributed by atoms with Crippen molar-refractivity contribution in [2.45, 2.75) is 43.5 Å². The Hall–Kier alpha value is -0.880. The van der Waals surface area contributed by atoms with Crippen molar-refractivity contribution < 1.29 is 8.42 Å². The van der Waals surface area contributed by atoms with Crippen LogP contribution in [0, 0.1) is 0 Å². The van der Waals surface area contributed by atoms with Gasteiger partial charge in [-0.25, -0.2) is 13.4 Å². The van der Waals surface area contributed by atoms with E-state index in [-0.39, 0.29) is 6.04 Å². The molecule has 1 fully saturated rings. The number of hydrogen-bond acceptors (Lipinski definition) is 4. The largest absolute Gasteiger partial charge is 0.333 e. The average molecular weight is 255 g/mol. The number of nitrogens with zero attached hydrogens (tertiary/aromatic N) is 2. The number of fused-ring (bicyclic) bond motifs is 1. The molecule has 0 aliphatic carbocycles. The molecule has 1 aromatic heterocycles. The lowest BCUT2D eigenvalue weighted by molar-refractivity contribution is 0.451. The molecule has 0 saturated carbocycles. The third kappa shape index (κ3) is 1.79. The average Bonchev–Trinajstić information content (AvgIpc) is 2.81. The SMILES string of the molecule is NC1CCCn2cc(C3CCCS3(=O)=O)nc21. The van der Waals surface area contributed by atoms with E-state index in [9.17, 15) is 8.42 Å². The number of sulfone groups is 1. The Labute approximate surface area is 101 Å². The van der Waals surface area contributed by atoms with Crippen molar-refractivity contribution in [2.24, 2.45) is 5.73 Å². The van der Waals surface area contributed by atoms with Gasteiger partial charge in [-0.3, -0.25) is 0 Å². The molecule has 2 aliphatic heterocycles. The highest BCUT2D eigenvalue weighted by Gasteiger charge is 2.35. The number of hydrogen-bond donors (Lipinski definition) is 1. The van der Waals surface area contributed by atoms with Gasteiger partial charge < -0.3 is 10.3 Å². The van der Waals surface area contributed by atoms with Gasteiger partial charge in [-0.05, 0) is 25.7 Å². The molecule has 1 saturated heterocycles. The Morgan fingerprint density at radius 2 is 2.18 bits per heavy atom. The molecule has 6 heteroatoms. The van der Waals surface area contributed by atoms with E-state index in [1.54, 1.807) is 0 Å². The second kappa shape index (κ2) is 3.81. The highest BCUT2D eigenvalue weighted by molar-refractivity contribution is 7.91. The van der Waals surface area contributed by atoms with Crippen molar-refractivity contribution in [3.8, 4) is 0 Å². The zero-order valence-electron chi connectivity index (χ0n) is 9.67. The molecule has 0 spiro atoms. The number of imidazole rings is 1. The van der Waals surface area contributed by atoms with Gasteiger partial charge in [-0.15, -0.1) is 0 Å². The Morgan fingerprint density at radius 3 is 2.82 bits per heavy atom. The fraction of sp³-hybridized carbons (Fsp3) is 0.727. The summed E-state index contributed by atoms with van der Waals surface area (Å²) in [5.74, 6) is 1.15. The molecule has 94 valence electrons. The van der Waals surface area contributed by atoms with Gasteiger partial charge in [0.1, 0.15) is 11.1 Å². The van der Waals surface area contributed by atoms with Crippen molar-refractivity contribution in [3.05, 3.63) is 17.7 Å². The third-order valence-corrected chi connectivity index (χ3v) is 5.93. The molecule has 5 nitrogen and oxygen atoms in total. The van der Waals surface area contributed by atoms with Crippen LogP contribution in [-0.4, -0.2) is 23.7 Å². The van der Waals surface area contributed by atoms with E-state index in [2.05, 4.69) is 4.98 Å². The maximum atomic E-state index is 11.9. The molecule has 1 aromatic rings. The van der Waals surface area contributed by atoms with Gasteiger partial charge in [0.2, 0.25) is 0 Å². The summed E-state index contributed by atoms with van der Waals surface area (Å²) < 4.78 is 25.8. The first kappa shape index (κ1) is 11.2. The summed E-state index contributed by atoms with van der Waals surface area (Å²) in [4.78, 5) is 4.47. The lowest BCUT2D eigenvalue weighted by Gasteiger charge is -2.19. The molecular formula is C11H17N3O2S. The van der Waals surface area contributed by atoms with E-state index in [0.717, 1.165) is 31.6 Å². The second-order valence-corrected chi connectivity index (χ2v) is 7.27. The van der Waals surface area contributed by atoms with E-state index in [1.807, 2.05) is 10.8 Å². The van der Waals surface area contributed by atoms with Gasteiger partial charge in [0.25, 0.3) is 0 Å². The monoisotopic (exact) mass is 255 g/mol. The predicted octanol–water partition coefficient (Wildman–Crippen LogP) is 0.926. The van der Waals surface area contributed by atoms with Gasteiger partial charge >= 0.3 is 0 Å². The van der Waals surface area contributed by atoms with E-state index in [4.69, 9.17) is 5.73 Å². The molecular weight excluding hydrogens is 238 g/mol. The normalized spacial score (nSPS) is 31.4. The second-order valence-electron chi connectivity index (χ2n) is 4.96. The maximum Gasteiger partial charge on any atom is 0.158 e. The minimum absolute atomic E-state index is 0.0402. The highest BCUT2D eigenvalue weighted by atomic mass is 32.2.